The van der Waals surface area contributed by atoms with Crippen LogP contribution in [-0.2, 0) is 0 Å². The Kier molecular flexibility index (Phi) is 7.66. The quantitative estimate of drug-likeness (QED) is 0.285. The van der Waals surface area contributed by atoms with Crippen molar-refractivity contribution in [3.63, 3.8) is 0 Å². The zero-order chi connectivity index (χ0) is 28.4. The summed E-state index contributed by atoms with van der Waals surface area (Å²) in [6.07, 6.45) is 8.31. The van der Waals surface area contributed by atoms with E-state index in [2.05, 4.69) is 84.1 Å². The third kappa shape index (κ3) is 4.55. The molecule has 1 aromatic rings. The number of hydrogen-bond donors (Lipinski definition) is 4. The van der Waals surface area contributed by atoms with Crippen LogP contribution in [0.4, 0.5) is 0 Å². The lowest BCUT2D eigenvalue weighted by Crippen LogP contribution is -2.66. The Hall–Kier alpha value is -0.940. The van der Waals surface area contributed by atoms with Crippen LogP contribution in [-0.4, -0.2) is 39.7 Å². The third-order valence-electron chi connectivity index (χ3n) is 13.8. The molecule has 0 bridgehead atoms. The Morgan fingerprint density at radius 3 is 2.28 bits per heavy atom. The second kappa shape index (κ2) is 10.1. The Morgan fingerprint density at radius 2 is 1.59 bits per heavy atom. The molecule has 1 aromatic carbocycles. The molecule has 4 fully saturated rings. The van der Waals surface area contributed by atoms with Gasteiger partial charge in [-0.25, -0.2) is 0 Å². The normalized spacial score (nSPS) is 45.5. The van der Waals surface area contributed by atoms with Crippen LogP contribution in [0.5, 0.6) is 0 Å². The second-order valence-electron chi connectivity index (χ2n) is 15.9. The standard InChI is InChI=1S/C35H57NO3/c1-23(24-12-9-8-10-13-24)36-21-11-17-35(7,39)25-14-19-34(6)30(25)26(37)22-28-32(4)18-16-29(38)31(2,3)27(32)15-20-33(28,34)5/h8-10,12-13,23,25-30,36-39H,11,14-22H2,1-7H3/t23?,25-,26+,27?,28?,29-,30?,32-,33+,34+,35-/m0/s1. The number of benzene rings is 1. The van der Waals surface area contributed by atoms with E-state index < -0.39 is 5.60 Å². The number of fused-ring (bicyclic) bond motifs is 5. The fourth-order valence-electron chi connectivity index (χ4n) is 11.3. The van der Waals surface area contributed by atoms with Crippen LogP contribution in [0.3, 0.4) is 0 Å². The maximum absolute atomic E-state index is 11.9. The SMILES string of the molecule is CC(NCCC[C@](C)(O)[C@H]1CC[C@]2(C)C1[C@H](O)CC1[C@@]3(C)CC[C@H](O)C(C)(C)C3CC[C@]12C)c1ccccc1. The van der Waals surface area contributed by atoms with Crippen LogP contribution in [0, 0.1) is 45.3 Å². The molecule has 0 radical (unpaired) electrons. The highest BCUT2D eigenvalue weighted by molar-refractivity contribution is 5.20. The maximum Gasteiger partial charge on any atom is 0.0652 e. The molecular weight excluding hydrogens is 482 g/mol. The molecule has 0 aromatic heterocycles. The van der Waals surface area contributed by atoms with Crippen LogP contribution in [0.2, 0.25) is 0 Å². The minimum absolute atomic E-state index is 0.0260. The van der Waals surface area contributed by atoms with Crippen molar-refractivity contribution in [2.75, 3.05) is 6.54 Å². The molecule has 0 spiro atoms. The number of rotatable bonds is 7. The van der Waals surface area contributed by atoms with Gasteiger partial charge in [-0.1, -0.05) is 65.0 Å². The zero-order valence-electron chi connectivity index (χ0n) is 25.8. The molecule has 4 heteroatoms. The van der Waals surface area contributed by atoms with Gasteiger partial charge >= 0.3 is 0 Å². The topological polar surface area (TPSA) is 72.7 Å². The molecule has 0 heterocycles. The molecule has 11 atom stereocenters. The largest absolute Gasteiger partial charge is 0.393 e. The highest BCUT2D eigenvalue weighted by atomic mass is 16.3. The smallest absolute Gasteiger partial charge is 0.0652 e. The van der Waals surface area contributed by atoms with Crippen LogP contribution in [0.25, 0.3) is 0 Å². The summed E-state index contributed by atoms with van der Waals surface area (Å²) in [6.45, 7) is 17.2. The van der Waals surface area contributed by atoms with E-state index >= 15 is 0 Å². The molecule has 0 saturated heterocycles. The molecule has 220 valence electrons. The van der Waals surface area contributed by atoms with Gasteiger partial charge in [-0.05, 0) is 129 Å². The Balaban J connectivity index is 1.30. The predicted octanol–water partition coefficient (Wildman–Crippen LogP) is 6.89. The van der Waals surface area contributed by atoms with Gasteiger partial charge < -0.3 is 20.6 Å². The highest BCUT2D eigenvalue weighted by Crippen LogP contribution is 2.75. The molecule has 4 unspecified atom stereocenters. The van der Waals surface area contributed by atoms with Crippen molar-refractivity contribution in [1.82, 2.24) is 5.32 Å². The zero-order valence-corrected chi connectivity index (χ0v) is 25.8. The number of hydrogen-bond acceptors (Lipinski definition) is 4. The van der Waals surface area contributed by atoms with E-state index in [1.165, 1.54) is 12.0 Å². The second-order valence-corrected chi connectivity index (χ2v) is 15.9. The van der Waals surface area contributed by atoms with Crippen LogP contribution >= 0.6 is 0 Å². The van der Waals surface area contributed by atoms with Crippen LogP contribution in [0.1, 0.15) is 118 Å². The van der Waals surface area contributed by atoms with Crippen molar-refractivity contribution in [2.45, 2.75) is 130 Å². The first-order valence-corrected chi connectivity index (χ1v) is 16.1. The van der Waals surface area contributed by atoms with Crippen LogP contribution in [0.15, 0.2) is 30.3 Å². The monoisotopic (exact) mass is 539 g/mol. The van der Waals surface area contributed by atoms with E-state index in [0.717, 1.165) is 57.9 Å². The predicted molar refractivity (Wildman–Crippen MR) is 159 cm³/mol. The van der Waals surface area contributed by atoms with Gasteiger partial charge in [-0.15, -0.1) is 0 Å². The van der Waals surface area contributed by atoms with Crippen molar-refractivity contribution < 1.29 is 15.3 Å². The molecule has 4 saturated carbocycles. The summed E-state index contributed by atoms with van der Waals surface area (Å²) in [5.41, 5.74) is 0.763. The first-order chi connectivity index (χ1) is 18.2. The maximum atomic E-state index is 11.9. The van der Waals surface area contributed by atoms with Gasteiger partial charge in [0.1, 0.15) is 0 Å². The fraction of sp³-hybridized carbons (Fsp3) is 0.829. The summed E-state index contributed by atoms with van der Waals surface area (Å²) in [5, 5.41) is 38.4. The summed E-state index contributed by atoms with van der Waals surface area (Å²) in [7, 11) is 0. The van der Waals surface area contributed by atoms with Gasteiger partial charge in [0.05, 0.1) is 17.8 Å². The van der Waals surface area contributed by atoms with Crippen molar-refractivity contribution in [2.24, 2.45) is 45.3 Å². The van der Waals surface area contributed by atoms with Gasteiger partial charge in [-0.3, -0.25) is 0 Å². The van der Waals surface area contributed by atoms with Gasteiger partial charge in [0.2, 0.25) is 0 Å². The first-order valence-electron chi connectivity index (χ1n) is 16.1. The van der Waals surface area contributed by atoms with Gasteiger partial charge in [0.15, 0.2) is 0 Å². The van der Waals surface area contributed by atoms with E-state index in [-0.39, 0.29) is 45.7 Å². The average Bonchev–Trinajstić information content (AvgIpc) is 3.27. The van der Waals surface area contributed by atoms with Gasteiger partial charge in [0.25, 0.3) is 0 Å². The van der Waals surface area contributed by atoms with E-state index in [0.29, 0.717) is 17.9 Å². The molecule has 5 rings (SSSR count). The molecular formula is C35H57NO3. The number of aliphatic hydroxyl groups is 3. The minimum Gasteiger partial charge on any atom is -0.393 e. The average molecular weight is 540 g/mol. The molecule has 0 amide bonds. The summed E-state index contributed by atoms with van der Waals surface area (Å²) in [4.78, 5) is 0. The molecule has 39 heavy (non-hydrogen) atoms. The fourth-order valence-corrected chi connectivity index (χ4v) is 11.3. The van der Waals surface area contributed by atoms with E-state index in [4.69, 9.17) is 0 Å². The summed E-state index contributed by atoms with van der Waals surface area (Å²) < 4.78 is 0. The van der Waals surface area contributed by atoms with E-state index in [1.807, 2.05) is 0 Å². The minimum atomic E-state index is -0.775. The summed E-state index contributed by atoms with van der Waals surface area (Å²) in [6, 6.07) is 10.8. The lowest BCUT2D eigenvalue weighted by molar-refractivity contribution is -0.246. The molecule has 4 nitrogen and oxygen atoms in total. The lowest BCUT2D eigenvalue weighted by atomic mass is 9.35. The number of nitrogens with one attached hydrogen (secondary N) is 1. The molecule has 4 N–H and O–H groups in total. The van der Waals surface area contributed by atoms with E-state index in [1.54, 1.807) is 0 Å². The Labute approximate surface area is 238 Å². The Morgan fingerprint density at radius 1 is 0.923 bits per heavy atom. The van der Waals surface area contributed by atoms with Crippen molar-refractivity contribution >= 4 is 0 Å². The molecule has 0 aliphatic heterocycles. The summed E-state index contributed by atoms with van der Waals surface area (Å²) in [5.74, 6) is 1.23. The Bertz CT molecular complexity index is 1010. The van der Waals surface area contributed by atoms with Crippen LogP contribution < -0.4 is 5.32 Å². The van der Waals surface area contributed by atoms with Gasteiger partial charge in [-0.2, -0.15) is 0 Å². The lowest BCUT2D eigenvalue weighted by Gasteiger charge is -2.70. The van der Waals surface area contributed by atoms with Crippen molar-refractivity contribution in [3.05, 3.63) is 35.9 Å². The third-order valence-corrected chi connectivity index (χ3v) is 13.8. The van der Waals surface area contributed by atoms with Gasteiger partial charge in [0, 0.05) is 6.04 Å². The number of aliphatic hydroxyl groups excluding tert-OH is 2. The first kappa shape index (κ1) is 29.5. The van der Waals surface area contributed by atoms with E-state index in [9.17, 15) is 15.3 Å². The summed E-state index contributed by atoms with van der Waals surface area (Å²) >= 11 is 0. The van der Waals surface area contributed by atoms with Crippen molar-refractivity contribution in [3.8, 4) is 0 Å². The highest BCUT2D eigenvalue weighted by Gasteiger charge is 2.71. The molecule has 4 aliphatic carbocycles. The molecule has 4 aliphatic rings. The van der Waals surface area contributed by atoms with Crippen molar-refractivity contribution in [1.29, 1.82) is 0 Å².